The Morgan fingerprint density at radius 3 is 2.64 bits per heavy atom. The van der Waals surface area contributed by atoms with Crippen LogP contribution < -0.4 is 0 Å². The van der Waals surface area contributed by atoms with Gasteiger partial charge >= 0.3 is 0 Å². The zero-order chi connectivity index (χ0) is 16.6. The molecule has 5 unspecified atom stereocenters. The maximum Gasteiger partial charge on any atom is 0.0797 e. The smallest absolute Gasteiger partial charge is 0.0797 e. The quantitative estimate of drug-likeness (QED) is 0.628. The number of allylic oxidation sites excluding steroid dienone is 1. The third-order valence-corrected chi connectivity index (χ3v) is 7.57. The highest BCUT2D eigenvalue weighted by atomic mass is 16.3. The van der Waals surface area contributed by atoms with E-state index in [-0.39, 0.29) is 0 Å². The van der Waals surface area contributed by atoms with Crippen LogP contribution in [-0.2, 0) is 0 Å². The summed E-state index contributed by atoms with van der Waals surface area (Å²) in [4.78, 5) is 0. The van der Waals surface area contributed by atoms with Gasteiger partial charge in [0.25, 0.3) is 0 Å². The first-order valence-corrected chi connectivity index (χ1v) is 9.20. The minimum Gasteiger partial charge on any atom is -0.386 e. The maximum absolute atomic E-state index is 10.2. The highest BCUT2D eigenvalue weighted by Crippen LogP contribution is 2.64. The van der Waals surface area contributed by atoms with E-state index < -0.39 is 5.60 Å². The molecule has 22 heavy (non-hydrogen) atoms. The summed E-state index contributed by atoms with van der Waals surface area (Å²) in [6.07, 6.45) is 11.3. The van der Waals surface area contributed by atoms with Gasteiger partial charge in [0.2, 0.25) is 0 Å². The number of rotatable bonds is 5. The van der Waals surface area contributed by atoms with E-state index in [2.05, 4.69) is 33.9 Å². The Balaban J connectivity index is 2.14. The Bertz CT molecular complexity index is 435. The van der Waals surface area contributed by atoms with Crippen LogP contribution in [0.2, 0.25) is 0 Å². The predicted octanol–water partition coefficient (Wildman–Crippen LogP) is 5.89. The molecule has 0 aromatic rings. The first-order valence-electron chi connectivity index (χ1n) is 9.20. The van der Waals surface area contributed by atoms with Crippen LogP contribution in [-0.4, -0.2) is 10.7 Å². The van der Waals surface area contributed by atoms with E-state index in [9.17, 15) is 5.11 Å². The van der Waals surface area contributed by atoms with E-state index in [1.165, 1.54) is 44.1 Å². The molecule has 2 rings (SSSR count). The van der Waals surface area contributed by atoms with Gasteiger partial charge in [-0.1, -0.05) is 51.8 Å². The molecular formula is C21H36O. The minimum atomic E-state index is -0.722. The van der Waals surface area contributed by atoms with Gasteiger partial charge in [0.15, 0.2) is 0 Å². The van der Waals surface area contributed by atoms with Crippen molar-refractivity contribution in [1.82, 2.24) is 0 Å². The highest BCUT2D eigenvalue weighted by molar-refractivity contribution is 5.18. The third kappa shape index (κ3) is 2.94. The van der Waals surface area contributed by atoms with Crippen molar-refractivity contribution in [2.75, 3.05) is 0 Å². The molecule has 0 aromatic heterocycles. The number of hydrogen-bond acceptors (Lipinski definition) is 1. The molecule has 0 heterocycles. The van der Waals surface area contributed by atoms with E-state index in [1.807, 2.05) is 6.92 Å². The molecular weight excluding hydrogens is 268 g/mol. The molecule has 1 N–H and O–H groups in total. The van der Waals surface area contributed by atoms with Crippen LogP contribution in [0.25, 0.3) is 0 Å². The van der Waals surface area contributed by atoms with Crippen LogP contribution in [0.3, 0.4) is 0 Å². The molecule has 0 radical (unpaired) electrons. The van der Waals surface area contributed by atoms with Crippen LogP contribution >= 0.6 is 0 Å². The van der Waals surface area contributed by atoms with Crippen molar-refractivity contribution in [3.63, 3.8) is 0 Å². The fraction of sp³-hybridized carbons (Fsp3) is 0.810. The van der Waals surface area contributed by atoms with Gasteiger partial charge in [-0.3, -0.25) is 0 Å². The van der Waals surface area contributed by atoms with Gasteiger partial charge in [-0.15, -0.1) is 6.58 Å². The van der Waals surface area contributed by atoms with Gasteiger partial charge in [-0.05, 0) is 68.1 Å². The Morgan fingerprint density at radius 1 is 1.32 bits per heavy atom. The van der Waals surface area contributed by atoms with Crippen molar-refractivity contribution >= 4 is 0 Å². The van der Waals surface area contributed by atoms with Crippen molar-refractivity contribution < 1.29 is 5.11 Å². The lowest BCUT2D eigenvalue weighted by atomic mass is 9.43. The van der Waals surface area contributed by atoms with Gasteiger partial charge in [0.1, 0.15) is 0 Å². The lowest BCUT2D eigenvalue weighted by molar-refractivity contribution is -0.0908. The van der Waals surface area contributed by atoms with Crippen LogP contribution in [0.5, 0.6) is 0 Å². The SMILES string of the molecule is C=CC(C)(O)CCCC1C(=C)CCC2(C)C(C)CCCC12C. The van der Waals surface area contributed by atoms with Crippen molar-refractivity contribution in [1.29, 1.82) is 0 Å². The third-order valence-electron chi connectivity index (χ3n) is 7.57. The van der Waals surface area contributed by atoms with Crippen LogP contribution in [0.1, 0.15) is 79.1 Å². The van der Waals surface area contributed by atoms with Crippen LogP contribution in [0.4, 0.5) is 0 Å². The summed E-state index contributed by atoms with van der Waals surface area (Å²) in [6, 6.07) is 0. The Morgan fingerprint density at radius 2 is 2.00 bits per heavy atom. The molecule has 0 bridgehead atoms. The molecule has 126 valence electrons. The molecule has 2 aliphatic carbocycles. The summed E-state index contributed by atoms with van der Waals surface area (Å²) in [6.45, 7) is 17.6. The average Bonchev–Trinajstić information content (AvgIpc) is 2.46. The van der Waals surface area contributed by atoms with Gasteiger partial charge in [0.05, 0.1) is 5.60 Å². The van der Waals surface area contributed by atoms with Gasteiger partial charge < -0.3 is 5.11 Å². The zero-order valence-corrected chi connectivity index (χ0v) is 15.3. The van der Waals surface area contributed by atoms with Crippen molar-refractivity contribution in [3.05, 3.63) is 24.8 Å². The second kappa shape index (κ2) is 6.15. The lowest BCUT2D eigenvalue weighted by Gasteiger charge is -2.61. The zero-order valence-electron chi connectivity index (χ0n) is 15.3. The minimum absolute atomic E-state index is 0.389. The van der Waals surface area contributed by atoms with Crippen molar-refractivity contribution in [2.45, 2.75) is 84.7 Å². The van der Waals surface area contributed by atoms with E-state index in [1.54, 1.807) is 6.08 Å². The lowest BCUT2D eigenvalue weighted by Crippen LogP contribution is -2.53. The summed E-state index contributed by atoms with van der Waals surface area (Å²) in [5.74, 6) is 1.44. The molecule has 0 saturated heterocycles. The molecule has 2 fully saturated rings. The predicted molar refractivity (Wildman–Crippen MR) is 95.8 cm³/mol. The molecule has 0 aliphatic heterocycles. The van der Waals surface area contributed by atoms with Gasteiger partial charge in [0, 0.05) is 0 Å². The topological polar surface area (TPSA) is 20.2 Å². The Kier molecular flexibility index (Phi) is 4.97. The van der Waals surface area contributed by atoms with E-state index in [4.69, 9.17) is 0 Å². The largest absolute Gasteiger partial charge is 0.386 e. The maximum atomic E-state index is 10.2. The molecule has 1 heteroatoms. The summed E-state index contributed by atoms with van der Waals surface area (Å²) >= 11 is 0. The molecule has 2 saturated carbocycles. The van der Waals surface area contributed by atoms with E-state index >= 15 is 0 Å². The van der Waals surface area contributed by atoms with Crippen LogP contribution in [0, 0.1) is 22.7 Å². The fourth-order valence-electron chi connectivity index (χ4n) is 5.38. The summed E-state index contributed by atoms with van der Waals surface area (Å²) < 4.78 is 0. The second-order valence-corrected chi connectivity index (χ2v) is 8.79. The van der Waals surface area contributed by atoms with Crippen molar-refractivity contribution in [2.24, 2.45) is 22.7 Å². The highest BCUT2D eigenvalue weighted by Gasteiger charge is 2.55. The number of aliphatic hydroxyl groups is 1. The van der Waals surface area contributed by atoms with E-state index in [0.717, 1.165) is 18.8 Å². The molecule has 5 atom stereocenters. The van der Waals surface area contributed by atoms with Gasteiger partial charge in [-0.2, -0.15) is 0 Å². The number of hydrogen-bond donors (Lipinski definition) is 1. The standard InChI is InChI=1S/C21H36O/c1-7-19(4,22)13-9-11-18-16(2)12-15-20(5)17(3)10-8-14-21(18,20)6/h7,17-18,22H,1-2,8-15H2,3-6H3. The second-order valence-electron chi connectivity index (χ2n) is 8.79. The Labute approximate surface area is 137 Å². The van der Waals surface area contributed by atoms with Crippen LogP contribution in [0.15, 0.2) is 24.8 Å². The first kappa shape index (κ1) is 17.8. The normalized spacial score (nSPS) is 41.6. The summed E-state index contributed by atoms with van der Waals surface area (Å²) in [5, 5.41) is 10.2. The monoisotopic (exact) mass is 304 g/mol. The fourth-order valence-corrected chi connectivity index (χ4v) is 5.38. The first-order chi connectivity index (χ1) is 10.2. The Hall–Kier alpha value is -0.560. The molecule has 0 spiro atoms. The number of fused-ring (bicyclic) bond motifs is 1. The van der Waals surface area contributed by atoms with Crippen molar-refractivity contribution in [3.8, 4) is 0 Å². The van der Waals surface area contributed by atoms with Gasteiger partial charge in [-0.25, -0.2) is 0 Å². The summed E-state index contributed by atoms with van der Waals surface area (Å²) in [5.41, 5.74) is 1.59. The average molecular weight is 305 g/mol. The molecule has 2 aliphatic rings. The van der Waals surface area contributed by atoms with E-state index in [0.29, 0.717) is 16.7 Å². The molecule has 1 nitrogen and oxygen atoms in total. The molecule has 0 amide bonds. The molecule has 0 aromatic carbocycles. The summed E-state index contributed by atoms with van der Waals surface area (Å²) in [7, 11) is 0.